The predicted octanol–water partition coefficient (Wildman–Crippen LogP) is 4.13. The highest BCUT2D eigenvalue weighted by Gasteiger charge is 2.81. The van der Waals surface area contributed by atoms with Crippen LogP contribution in [0.3, 0.4) is 0 Å². The summed E-state index contributed by atoms with van der Waals surface area (Å²) in [6.45, 7) is 12.3. The van der Waals surface area contributed by atoms with Crippen LogP contribution in [0, 0.1) is 25.2 Å². The summed E-state index contributed by atoms with van der Waals surface area (Å²) >= 11 is 0. The number of aromatic nitrogens is 1. The van der Waals surface area contributed by atoms with Gasteiger partial charge in [-0.2, -0.15) is 0 Å². The van der Waals surface area contributed by atoms with E-state index in [4.69, 9.17) is 18.9 Å². The second-order valence-corrected chi connectivity index (χ2v) is 19.0. The molecule has 3 aromatic rings. The van der Waals surface area contributed by atoms with Crippen molar-refractivity contribution >= 4 is 40.9 Å². The van der Waals surface area contributed by atoms with Crippen molar-refractivity contribution in [3.63, 3.8) is 0 Å². The van der Waals surface area contributed by atoms with Crippen LogP contribution in [-0.2, 0) is 50.6 Å². The van der Waals surface area contributed by atoms with Gasteiger partial charge in [-0.15, -0.1) is 0 Å². The summed E-state index contributed by atoms with van der Waals surface area (Å²) in [7, 11) is 4.11. The first-order valence-corrected chi connectivity index (χ1v) is 22.1. The smallest absolute Gasteiger partial charge is 0.344 e. The molecule has 14 heteroatoms. The van der Waals surface area contributed by atoms with E-state index in [1.165, 1.54) is 33.2 Å². The fourth-order valence-corrected chi connectivity index (χ4v) is 13.7. The number of carbonyl (C=O) groups is 4. The van der Waals surface area contributed by atoms with E-state index in [2.05, 4.69) is 40.8 Å². The summed E-state index contributed by atoms with van der Waals surface area (Å²) in [5, 5.41) is 26.4. The molecule has 6 heterocycles. The normalized spacial score (nSPS) is 35.7. The van der Waals surface area contributed by atoms with E-state index < -0.39 is 63.5 Å². The van der Waals surface area contributed by atoms with Crippen LogP contribution in [0.5, 0.6) is 5.75 Å². The number of benzene rings is 2. The molecule has 3 N–H and O–H groups in total. The number of anilines is 1. The molecular formula is C48H60N4O10. The van der Waals surface area contributed by atoms with E-state index in [1.807, 2.05) is 32.1 Å². The number of nitrogens with zero attached hydrogens (tertiary/aromatic N) is 3. The van der Waals surface area contributed by atoms with Crippen LogP contribution in [0.1, 0.15) is 86.4 Å². The predicted molar refractivity (Wildman–Crippen MR) is 230 cm³/mol. The lowest BCUT2D eigenvalue weighted by molar-refractivity contribution is -0.228. The number of aliphatic hydroxyl groups is 2. The number of aryl methyl sites for hydroxylation is 2. The van der Waals surface area contributed by atoms with Gasteiger partial charge in [0.05, 0.1) is 38.7 Å². The number of piperidine rings is 1. The number of hydrogen-bond donors (Lipinski definition) is 3. The molecule has 2 saturated heterocycles. The monoisotopic (exact) mass is 852 g/mol. The van der Waals surface area contributed by atoms with Crippen molar-refractivity contribution in [2.45, 2.75) is 113 Å². The van der Waals surface area contributed by atoms with Crippen molar-refractivity contribution in [1.82, 2.24) is 14.8 Å². The fraction of sp³-hybridized carbons (Fsp3) is 0.583. The van der Waals surface area contributed by atoms with Gasteiger partial charge in [-0.3, -0.25) is 24.2 Å². The van der Waals surface area contributed by atoms with Crippen LogP contribution < -0.4 is 9.64 Å². The van der Waals surface area contributed by atoms with Gasteiger partial charge < -0.3 is 39.0 Å². The Bertz CT molecular complexity index is 2410. The topological polar surface area (TPSA) is 171 Å². The first kappa shape index (κ1) is 42.5. The maximum Gasteiger partial charge on any atom is 0.344 e. The third-order valence-corrected chi connectivity index (χ3v) is 16.2. The minimum Gasteiger partial charge on any atom is -0.496 e. The highest BCUT2D eigenvalue weighted by atomic mass is 16.6. The Labute approximate surface area is 362 Å². The molecule has 332 valence electrons. The van der Waals surface area contributed by atoms with Crippen molar-refractivity contribution in [3.05, 3.63) is 69.9 Å². The number of nitrogens with one attached hydrogen (secondary N) is 1. The molecule has 2 bridgehead atoms. The van der Waals surface area contributed by atoms with Crippen LogP contribution in [0.4, 0.5) is 5.69 Å². The Morgan fingerprint density at radius 3 is 2.34 bits per heavy atom. The lowest BCUT2D eigenvalue weighted by atomic mass is 9.47. The number of rotatable bonds is 8. The van der Waals surface area contributed by atoms with Gasteiger partial charge >= 0.3 is 17.9 Å². The van der Waals surface area contributed by atoms with E-state index in [0.29, 0.717) is 99.5 Å². The minimum atomic E-state index is -2.54. The van der Waals surface area contributed by atoms with Crippen molar-refractivity contribution < 1.29 is 48.3 Å². The molecule has 1 spiro atoms. The van der Waals surface area contributed by atoms with E-state index in [1.54, 1.807) is 6.07 Å². The molecule has 2 aromatic carbocycles. The first-order valence-electron chi connectivity index (χ1n) is 22.1. The quantitative estimate of drug-likeness (QED) is 0.128. The molecule has 0 radical (unpaired) electrons. The van der Waals surface area contributed by atoms with Gasteiger partial charge in [-0.05, 0) is 105 Å². The summed E-state index contributed by atoms with van der Waals surface area (Å²) in [5.41, 5.74) is -0.916. The summed E-state index contributed by atoms with van der Waals surface area (Å²) in [6.07, 6.45) is 5.83. The molecule has 5 aliphatic heterocycles. The Morgan fingerprint density at radius 2 is 1.68 bits per heavy atom. The van der Waals surface area contributed by atoms with Crippen LogP contribution in [-0.4, -0.2) is 133 Å². The second-order valence-electron chi connectivity index (χ2n) is 19.0. The van der Waals surface area contributed by atoms with Crippen LogP contribution >= 0.6 is 0 Å². The molecular weight excluding hydrogens is 793 g/mol. The van der Waals surface area contributed by atoms with Crippen LogP contribution in [0.15, 0.2) is 36.4 Å². The van der Waals surface area contributed by atoms with Crippen molar-refractivity contribution in [1.29, 1.82) is 0 Å². The summed E-state index contributed by atoms with van der Waals surface area (Å²) in [6, 6.07) is 6.28. The zero-order valence-corrected chi connectivity index (χ0v) is 37.1. The molecule has 6 aliphatic rings. The SMILES string of the molecule is CC[C@]1(O)C[C@H]2CN(CCc3c([nH]c4cc(C)c(C)cc34)[C@@](C(=O)OC)(c3cc4c(cc3OC)N(C=O)[C@H]3[C@@](O)(C(=O)OC)[C@H](OC(C)=O)[C@]5(CC)C=CCN6CC[C@]43[C@@H]65)C2)C1. The number of hydrogen-bond acceptors (Lipinski definition) is 12. The lowest BCUT2D eigenvalue weighted by Gasteiger charge is -2.63. The molecule has 1 aromatic heterocycles. The summed E-state index contributed by atoms with van der Waals surface area (Å²) < 4.78 is 23.8. The van der Waals surface area contributed by atoms with Gasteiger partial charge in [0.1, 0.15) is 11.2 Å². The first-order chi connectivity index (χ1) is 29.6. The number of esters is 3. The maximum absolute atomic E-state index is 15.5. The van der Waals surface area contributed by atoms with Gasteiger partial charge in [-0.25, -0.2) is 4.79 Å². The number of carbonyl (C=O) groups excluding carboxylic acids is 4. The standard InChI is InChI=1S/C48H60N4O10/c1-9-44(57)22-30-23-47(42(55)60-7,38-31(12-16-50(24-30)25-44)32-18-27(3)28(4)19-35(32)49-38)34-20-33-36(21-37(34)59-6)52(26-53)40-46(33)14-17-51-15-11-13-45(10-2,39(46)51)41(62-29(5)54)48(40,58)43(56)61-8/h11,13,18-21,26,30,39-41,49,57-58H,9-10,12,14-17,22-25H2,1-8H3/t30-,39+,40-,41-,44+,45-,46-,47+,48+/m1/s1. The number of methoxy groups -OCH3 is 3. The van der Waals surface area contributed by atoms with Crippen molar-refractivity contribution in [2.24, 2.45) is 11.3 Å². The Morgan fingerprint density at radius 1 is 0.935 bits per heavy atom. The third-order valence-electron chi connectivity index (χ3n) is 16.2. The van der Waals surface area contributed by atoms with Gasteiger partial charge in [0.15, 0.2) is 6.10 Å². The molecule has 3 fully saturated rings. The summed E-state index contributed by atoms with van der Waals surface area (Å²) in [5.74, 6) is -2.06. The van der Waals surface area contributed by atoms with Crippen molar-refractivity contribution in [2.75, 3.05) is 59.0 Å². The minimum absolute atomic E-state index is 0.161. The van der Waals surface area contributed by atoms with E-state index in [0.717, 1.165) is 27.6 Å². The summed E-state index contributed by atoms with van der Waals surface area (Å²) in [4.78, 5) is 66.5. The van der Waals surface area contributed by atoms with Crippen molar-refractivity contribution in [3.8, 4) is 5.75 Å². The fourth-order valence-electron chi connectivity index (χ4n) is 13.7. The Hall–Kier alpha value is -4.76. The zero-order chi connectivity index (χ0) is 44.3. The molecule has 1 saturated carbocycles. The number of fused-ring (bicyclic) bond motifs is 6. The lowest BCUT2D eigenvalue weighted by Crippen LogP contribution is -2.81. The Kier molecular flexibility index (Phi) is 10.0. The molecule has 62 heavy (non-hydrogen) atoms. The number of aromatic amines is 1. The average Bonchev–Trinajstić information content (AvgIpc) is 3.92. The molecule has 10 atom stereocenters. The van der Waals surface area contributed by atoms with Gasteiger partial charge in [0.2, 0.25) is 12.0 Å². The third kappa shape index (κ3) is 5.48. The zero-order valence-electron chi connectivity index (χ0n) is 37.1. The van der Waals surface area contributed by atoms with Gasteiger partial charge in [0, 0.05) is 78.2 Å². The number of amides is 1. The molecule has 1 amide bonds. The van der Waals surface area contributed by atoms with Crippen LogP contribution in [0.2, 0.25) is 0 Å². The molecule has 1 aliphatic carbocycles. The largest absolute Gasteiger partial charge is 0.496 e. The molecule has 1 unspecified atom stereocenters. The highest BCUT2D eigenvalue weighted by Crippen LogP contribution is 2.68. The van der Waals surface area contributed by atoms with E-state index >= 15 is 4.79 Å². The second kappa shape index (κ2) is 14.6. The molecule has 14 nitrogen and oxygen atoms in total. The Balaban J connectivity index is 1.39. The van der Waals surface area contributed by atoms with Gasteiger partial charge in [0.25, 0.3) is 0 Å². The maximum atomic E-state index is 15.5. The molecule has 9 rings (SSSR count). The van der Waals surface area contributed by atoms with Gasteiger partial charge in [-0.1, -0.05) is 26.0 Å². The van der Waals surface area contributed by atoms with Crippen LogP contribution in [0.25, 0.3) is 10.9 Å². The van der Waals surface area contributed by atoms with E-state index in [9.17, 15) is 24.6 Å². The number of H-pyrrole nitrogens is 1. The average molecular weight is 853 g/mol. The highest BCUT2D eigenvalue weighted by molar-refractivity contribution is 5.97. The number of ether oxygens (including phenoxy) is 4. The van der Waals surface area contributed by atoms with E-state index in [-0.39, 0.29) is 12.3 Å².